The third-order valence-corrected chi connectivity index (χ3v) is 15.7. The van der Waals surface area contributed by atoms with Crippen LogP contribution in [0.2, 0.25) is 0 Å². The number of ether oxygens (including phenoxy) is 1. The molecule has 2 aliphatic heterocycles. The molecule has 0 unspecified atom stereocenters. The van der Waals surface area contributed by atoms with Gasteiger partial charge in [0.25, 0.3) is 42.3 Å². The Labute approximate surface area is 417 Å². The highest BCUT2D eigenvalue weighted by molar-refractivity contribution is 8.18. The monoisotopic (exact) mass is 1060 g/mol. The molecule has 360 valence electrons. The summed E-state index contributed by atoms with van der Waals surface area (Å²) in [5, 5.41) is 8.20. The van der Waals surface area contributed by atoms with E-state index in [2.05, 4.69) is 30.0 Å². The summed E-state index contributed by atoms with van der Waals surface area (Å²) in [6.45, 7) is -0.145. The molecule has 4 N–H and O–H groups in total. The Morgan fingerprint density at radius 1 is 0.586 bits per heavy atom. The molecular formula is C45H38N8O11S6. The van der Waals surface area contributed by atoms with E-state index in [0.29, 0.717) is 22.0 Å². The van der Waals surface area contributed by atoms with Gasteiger partial charge in [0.2, 0.25) is 11.8 Å². The SMILES string of the molecule is COc1ccc(/C=C2\SC(=O)N(CCC(=O)Nc3ccc(S(=O)(=O)Nc4nccs4)cc3)C2=O)cc1.O=C(CCN1C(=O)S/C(=C\c2ccccc2)C1=O)Nc1ccc(S(=O)(=O)Nc2nccs2)cc1. The van der Waals surface area contributed by atoms with Gasteiger partial charge in [0.15, 0.2) is 10.3 Å². The summed E-state index contributed by atoms with van der Waals surface area (Å²) >= 11 is 3.96. The van der Waals surface area contributed by atoms with Crippen molar-refractivity contribution in [1.82, 2.24) is 19.8 Å². The second kappa shape index (κ2) is 23.0. The van der Waals surface area contributed by atoms with Crippen molar-refractivity contribution in [3.8, 4) is 5.75 Å². The van der Waals surface area contributed by atoms with E-state index < -0.39 is 54.2 Å². The lowest BCUT2D eigenvalue weighted by molar-refractivity contribution is -0.124. The predicted octanol–water partition coefficient (Wildman–Crippen LogP) is 8.03. The van der Waals surface area contributed by atoms with Crippen LogP contribution < -0.4 is 24.8 Å². The number of methoxy groups -OCH3 is 1. The van der Waals surface area contributed by atoms with Crippen molar-refractivity contribution in [3.63, 3.8) is 0 Å². The number of carbonyl (C=O) groups excluding carboxylic acids is 6. The van der Waals surface area contributed by atoms with E-state index in [0.717, 1.165) is 67.1 Å². The first-order chi connectivity index (χ1) is 33.6. The van der Waals surface area contributed by atoms with E-state index in [1.54, 1.807) is 54.3 Å². The molecule has 8 rings (SSSR count). The Morgan fingerprint density at radius 3 is 1.39 bits per heavy atom. The van der Waals surface area contributed by atoms with Crippen molar-refractivity contribution >= 4 is 134 Å². The molecule has 2 fully saturated rings. The maximum Gasteiger partial charge on any atom is 0.293 e. The molecule has 2 aromatic heterocycles. The summed E-state index contributed by atoms with van der Waals surface area (Å²) < 4.78 is 59.4. The van der Waals surface area contributed by atoms with Crippen LogP contribution in [0, 0.1) is 0 Å². The quantitative estimate of drug-likeness (QED) is 0.0630. The van der Waals surface area contributed by atoms with Crippen LogP contribution in [0.15, 0.2) is 146 Å². The van der Waals surface area contributed by atoms with E-state index in [1.165, 1.54) is 60.9 Å². The van der Waals surface area contributed by atoms with E-state index in [4.69, 9.17) is 4.74 Å². The topological polar surface area (TPSA) is 260 Å². The minimum atomic E-state index is -3.80. The van der Waals surface area contributed by atoms with Gasteiger partial charge in [0.05, 0.1) is 26.7 Å². The van der Waals surface area contributed by atoms with Crippen molar-refractivity contribution in [2.24, 2.45) is 0 Å². The summed E-state index contributed by atoms with van der Waals surface area (Å²) in [5.41, 5.74) is 2.31. The Kier molecular flexibility index (Phi) is 16.6. The van der Waals surface area contributed by atoms with Gasteiger partial charge in [-0.25, -0.2) is 26.8 Å². The standard InChI is InChI=1S/C23H20N4O6S3.C22H18N4O5S3/c1-33-17-6-2-15(3-7-17)14-19-21(29)27(23(30)35-19)12-10-20(28)25-16-4-8-18(9-5-16)36(31,32)26-22-24-11-13-34-22;27-19(10-12-26-20(28)18(33-22(26)29)14-15-4-2-1-3-5-15)24-16-6-8-17(9-7-16)34(30,31)25-21-23-11-13-32-21/h2-9,11,13-14H,10,12H2,1H3,(H,24,26)(H,25,28);1-9,11,13-14H,10,12H2,(H,23,25)(H,24,27)/b19-14-;18-14-. The summed E-state index contributed by atoms with van der Waals surface area (Å²) in [7, 11) is -6.04. The van der Waals surface area contributed by atoms with Gasteiger partial charge in [-0.3, -0.25) is 48.0 Å². The first-order valence-corrected chi connectivity index (χ1v) is 26.8. The molecule has 2 aliphatic rings. The number of sulfonamides is 2. The highest BCUT2D eigenvalue weighted by atomic mass is 32.2. The van der Waals surface area contributed by atoms with Gasteiger partial charge in [-0.15, -0.1) is 22.7 Å². The van der Waals surface area contributed by atoms with Crippen LogP contribution in [0.3, 0.4) is 0 Å². The molecule has 0 radical (unpaired) electrons. The molecule has 0 saturated carbocycles. The molecule has 0 aliphatic carbocycles. The van der Waals surface area contributed by atoms with Crippen LogP contribution >= 0.6 is 46.2 Å². The van der Waals surface area contributed by atoms with Gasteiger partial charge in [-0.2, -0.15) is 0 Å². The average molecular weight is 1060 g/mol. The number of aromatic nitrogens is 2. The average Bonchev–Trinajstić information content (AvgIpc) is 4.15. The molecule has 0 spiro atoms. The third kappa shape index (κ3) is 13.5. The largest absolute Gasteiger partial charge is 0.497 e. The molecule has 2 saturated heterocycles. The maximum absolute atomic E-state index is 12.7. The fourth-order valence-electron chi connectivity index (χ4n) is 6.14. The number of thiazole rings is 2. The van der Waals surface area contributed by atoms with Crippen molar-refractivity contribution in [2.45, 2.75) is 22.6 Å². The lowest BCUT2D eigenvalue weighted by Gasteiger charge is -2.12. The number of thioether (sulfide) groups is 2. The molecule has 19 nitrogen and oxygen atoms in total. The number of anilines is 4. The van der Waals surface area contributed by atoms with Crippen LogP contribution in [0.1, 0.15) is 24.0 Å². The number of carbonyl (C=O) groups is 6. The van der Waals surface area contributed by atoms with Crippen LogP contribution in [0.4, 0.5) is 31.2 Å². The highest BCUT2D eigenvalue weighted by Gasteiger charge is 2.36. The lowest BCUT2D eigenvalue weighted by Crippen LogP contribution is -2.31. The summed E-state index contributed by atoms with van der Waals surface area (Å²) in [4.78, 5) is 84.9. The molecular weight excluding hydrogens is 1020 g/mol. The molecule has 4 heterocycles. The first-order valence-electron chi connectivity index (χ1n) is 20.4. The Bertz CT molecular complexity index is 3170. The molecule has 25 heteroatoms. The second-order valence-electron chi connectivity index (χ2n) is 14.4. The van der Waals surface area contributed by atoms with Gasteiger partial charge in [-0.1, -0.05) is 42.5 Å². The van der Waals surface area contributed by atoms with Crippen LogP contribution in [0.25, 0.3) is 12.2 Å². The predicted molar refractivity (Wildman–Crippen MR) is 270 cm³/mol. The number of hydrogen-bond donors (Lipinski definition) is 4. The maximum atomic E-state index is 12.7. The second-order valence-corrected chi connectivity index (χ2v) is 21.5. The minimum Gasteiger partial charge on any atom is -0.497 e. The van der Waals surface area contributed by atoms with Crippen molar-refractivity contribution < 1.29 is 50.3 Å². The van der Waals surface area contributed by atoms with Crippen molar-refractivity contribution in [1.29, 1.82) is 0 Å². The number of nitrogens with zero attached hydrogens (tertiary/aromatic N) is 4. The third-order valence-electron chi connectivity index (χ3n) is 9.59. The van der Waals surface area contributed by atoms with Crippen LogP contribution in [-0.4, -0.2) is 90.9 Å². The normalized spacial score (nSPS) is 14.9. The number of imide groups is 2. The van der Waals surface area contributed by atoms with Gasteiger partial charge >= 0.3 is 0 Å². The smallest absolute Gasteiger partial charge is 0.293 e. The van der Waals surface area contributed by atoms with E-state index in [9.17, 15) is 45.6 Å². The summed E-state index contributed by atoms with van der Waals surface area (Å²) in [5.74, 6) is -1.06. The van der Waals surface area contributed by atoms with Gasteiger partial charge in [-0.05, 0) is 107 Å². The molecule has 0 atom stereocenters. The van der Waals surface area contributed by atoms with E-state index in [1.807, 2.05) is 30.3 Å². The van der Waals surface area contributed by atoms with Gasteiger partial charge < -0.3 is 15.4 Å². The summed E-state index contributed by atoms with van der Waals surface area (Å²) in [6.07, 6.45) is 6.03. The Hall–Kier alpha value is -7.16. The molecule has 6 aromatic rings. The van der Waals surface area contributed by atoms with Crippen LogP contribution in [-0.2, 0) is 39.2 Å². The fourth-order valence-corrected chi connectivity index (χ4v) is 11.4. The first kappa shape index (κ1) is 50.7. The Balaban J connectivity index is 0.000000207. The Morgan fingerprint density at radius 2 is 1.00 bits per heavy atom. The van der Waals surface area contributed by atoms with E-state index in [-0.39, 0.29) is 50.9 Å². The number of benzene rings is 4. The highest BCUT2D eigenvalue weighted by Crippen LogP contribution is 2.34. The van der Waals surface area contributed by atoms with Crippen LogP contribution in [0.5, 0.6) is 5.75 Å². The number of hydrogen-bond acceptors (Lipinski definition) is 17. The molecule has 6 amide bonds. The zero-order chi connectivity index (χ0) is 49.8. The molecule has 4 aromatic carbocycles. The van der Waals surface area contributed by atoms with E-state index >= 15 is 0 Å². The van der Waals surface area contributed by atoms with Gasteiger partial charge in [0, 0.05) is 60.5 Å². The number of amides is 6. The zero-order valence-electron chi connectivity index (χ0n) is 36.3. The van der Waals surface area contributed by atoms with Crippen molar-refractivity contribution in [2.75, 3.05) is 40.3 Å². The lowest BCUT2D eigenvalue weighted by atomic mass is 10.2. The summed E-state index contributed by atoms with van der Waals surface area (Å²) in [6, 6.07) is 27.4. The molecule has 70 heavy (non-hydrogen) atoms. The number of nitrogens with one attached hydrogen (secondary N) is 4. The zero-order valence-corrected chi connectivity index (χ0v) is 41.2. The fraction of sp³-hybridized carbons (Fsp3) is 0.111. The molecule has 0 bridgehead atoms. The van der Waals surface area contributed by atoms with Gasteiger partial charge in [0.1, 0.15) is 5.75 Å². The minimum absolute atomic E-state index is 0.0113. The van der Waals surface area contributed by atoms with Crippen molar-refractivity contribution in [3.05, 3.63) is 147 Å². The number of rotatable bonds is 17.